The lowest BCUT2D eigenvalue weighted by Crippen LogP contribution is -2.35. The summed E-state index contributed by atoms with van der Waals surface area (Å²) >= 11 is 1.14. The second-order valence-corrected chi connectivity index (χ2v) is 6.93. The quantitative estimate of drug-likeness (QED) is 0.553. The van der Waals surface area contributed by atoms with Gasteiger partial charge in [0.2, 0.25) is 12.7 Å². The second kappa shape index (κ2) is 8.23. The highest BCUT2D eigenvalue weighted by molar-refractivity contribution is 7.99. The molecule has 29 heavy (non-hydrogen) atoms. The van der Waals surface area contributed by atoms with Gasteiger partial charge in [-0.3, -0.25) is 10.1 Å². The summed E-state index contributed by atoms with van der Waals surface area (Å²) in [6.45, 7) is 0.135. The molecule has 0 radical (unpaired) electrons. The third-order valence-corrected chi connectivity index (χ3v) is 4.82. The summed E-state index contributed by atoms with van der Waals surface area (Å²) in [5.74, 6) is 0.318. The van der Waals surface area contributed by atoms with Crippen LogP contribution in [0.25, 0.3) is 11.3 Å². The van der Waals surface area contributed by atoms with Crippen LogP contribution in [0.4, 0.5) is 14.9 Å². The summed E-state index contributed by atoms with van der Waals surface area (Å²) in [5, 5.41) is 5.32. The maximum Gasteiger partial charge on any atom is 0.325 e. The number of carbonyl (C=O) groups is 2. The van der Waals surface area contributed by atoms with E-state index in [4.69, 9.17) is 9.47 Å². The second-order valence-electron chi connectivity index (χ2n) is 5.97. The van der Waals surface area contributed by atoms with Crippen LogP contribution in [0.3, 0.4) is 0 Å². The van der Waals surface area contributed by atoms with Gasteiger partial charge in [0.05, 0.1) is 17.6 Å². The fourth-order valence-corrected chi connectivity index (χ4v) is 3.24. The number of aromatic amines is 1. The Labute approximate surface area is 168 Å². The monoisotopic (exact) mass is 414 g/mol. The molecule has 3 aromatic rings. The molecule has 1 aromatic heterocycles. The fourth-order valence-electron chi connectivity index (χ4n) is 2.59. The number of amides is 3. The highest BCUT2D eigenvalue weighted by Gasteiger charge is 2.15. The molecule has 0 spiro atoms. The highest BCUT2D eigenvalue weighted by atomic mass is 32.2. The SMILES string of the molecule is O=C(CSc1ncc(-c2ccc(F)cc2)[nH]1)NC(=O)Nc1ccc2c(c1)OCO2. The average Bonchev–Trinajstić information content (AvgIpc) is 3.36. The molecule has 3 N–H and O–H groups in total. The number of imidazole rings is 1. The Morgan fingerprint density at radius 1 is 1.14 bits per heavy atom. The van der Waals surface area contributed by atoms with Crippen LogP contribution in [0.2, 0.25) is 0 Å². The third-order valence-electron chi connectivity index (χ3n) is 3.93. The van der Waals surface area contributed by atoms with E-state index in [-0.39, 0.29) is 18.4 Å². The van der Waals surface area contributed by atoms with Crippen molar-refractivity contribution in [2.45, 2.75) is 5.16 Å². The molecule has 10 heteroatoms. The fraction of sp³-hybridized carbons (Fsp3) is 0.105. The van der Waals surface area contributed by atoms with E-state index >= 15 is 0 Å². The van der Waals surface area contributed by atoms with Crippen LogP contribution < -0.4 is 20.1 Å². The molecule has 0 fully saturated rings. The van der Waals surface area contributed by atoms with Gasteiger partial charge in [0.1, 0.15) is 5.82 Å². The Hall–Kier alpha value is -3.53. The Kier molecular flexibility index (Phi) is 5.34. The number of anilines is 1. The van der Waals surface area contributed by atoms with Crippen LogP contribution in [0.5, 0.6) is 11.5 Å². The molecule has 8 nitrogen and oxygen atoms in total. The van der Waals surface area contributed by atoms with Crippen molar-refractivity contribution < 1.29 is 23.5 Å². The largest absolute Gasteiger partial charge is 0.454 e. The zero-order valence-electron chi connectivity index (χ0n) is 14.9. The third kappa shape index (κ3) is 4.66. The normalized spacial score (nSPS) is 11.9. The number of H-pyrrole nitrogens is 1. The van der Waals surface area contributed by atoms with Crippen LogP contribution in [0.1, 0.15) is 0 Å². The van der Waals surface area contributed by atoms with E-state index in [1.807, 2.05) is 0 Å². The van der Waals surface area contributed by atoms with E-state index in [9.17, 15) is 14.0 Å². The van der Waals surface area contributed by atoms with E-state index in [1.165, 1.54) is 12.1 Å². The van der Waals surface area contributed by atoms with Crippen molar-refractivity contribution in [2.24, 2.45) is 0 Å². The average molecular weight is 414 g/mol. The number of urea groups is 1. The van der Waals surface area contributed by atoms with Crippen LogP contribution in [0.15, 0.2) is 53.8 Å². The van der Waals surface area contributed by atoms with E-state index in [0.717, 1.165) is 17.3 Å². The molecule has 3 amide bonds. The van der Waals surface area contributed by atoms with Gasteiger partial charge in [0, 0.05) is 11.8 Å². The number of imide groups is 1. The first-order valence-corrected chi connectivity index (χ1v) is 9.49. The minimum absolute atomic E-state index is 0.00900. The van der Waals surface area contributed by atoms with Crippen molar-refractivity contribution in [2.75, 3.05) is 17.9 Å². The summed E-state index contributed by atoms with van der Waals surface area (Å²) in [7, 11) is 0. The predicted octanol–water partition coefficient (Wildman–Crippen LogP) is 3.38. The summed E-state index contributed by atoms with van der Waals surface area (Å²) in [6.07, 6.45) is 1.60. The van der Waals surface area contributed by atoms with Crippen molar-refractivity contribution in [1.82, 2.24) is 15.3 Å². The number of carbonyl (C=O) groups excluding carboxylic acids is 2. The number of rotatable bonds is 5. The Morgan fingerprint density at radius 3 is 2.76 bits per heavy atom. The van der Waals surface area contributed by atoms with Gasteiger partial charge in [-0.05, 0) is 42.0 Å². The molecule has 1 aliphatic heterocycles. The Bertz CT molecular complexity index is 1050. The van der Waals surface area contributed by atoms with Crippen LogP contribution >= 0.6 is 11.8 Å². The molecule has 0 saturated heterocycles. The maximum absolute atomic E-state index is 13.0. The summed E-state index contributed by atoms with van der Waals surface area (Å²) < 4.78 is 23.4. The lowest BCUT2D eigenvalue weighted by Gasteiger charge is -2.07. The molecule has 2 heterocycles. The van der Waals surface area contributed by atoms with Gasteiger partial charge in [-0.25, -0.2) is 14.2 Å². The zero-order valence-corrected chi connectivity index (χ0v) is 15.7. The maximum atomic E-state index is 13.0. The lowest BCUT2D eigenvalue weighted by molar-refractivity contribution is -0.117. The minimum Gasteiger partial charge on any atom is -0.454 e. The minimum atomic E-state index is -0.652. The van der Waals surface area contributed by atoms with Gasteiger partial charge in [-0.2, -0.15) is 0 Å². The molecule has 1 aliphatic rings. The van der Waals surface area contributed by atoms with Gasteiger partial charge in [-0.15, -0.1) is 0 Å². The Balaban J connectivity index is 1.26. The number of fused-ring (bicyclic) bond motifs is 1. The van der Waals surface area contributed by atoms with Crippen LogP contribution in [-0.4, -0.2) is 34.5 Å². The number of thioether (sulfide) groups is 1. The molecule has 0 bridgehead atoms. The zero-order chi connectivity index (χ0) is 20.2. The smallest absolute Gasteiger partial charge is 0.325 e. The number of nitrogens with zero attached hydrogens (tertiary/aromatic N) is 1. The molecule has 0 unspecified atom stereocenters. The first kappa shape index (κ1) is 18.8. The number of halogens is 1. The predicted molar refractivity (Wildman–Crippen MR) is 104 cm³/mol. The van der Waals surface area contributed by atoms with E-state index in [2.05, 4.69) is 20.6 Å². The van der Waals surface area contributed by atoms with Crippen molar-refractivity contribution in [3.05, 3.63) is 54.5 Å². The highest BCUT2D eigenvalue weighted by Crippen LogP contribution is 2.34. The van der Waals surface area contributed by atoms with E-state index < -0.39 is 11.9 Å². The number of ether oxygens (including phenoxy) is 2. The topological polar surface area (TPSA) is 105 Å². The number of aromatic nitrogens is 2. The molecular formula is C19H15FN4O4S. The van der Waals surface area contributed by atoms with Crippen molar-refractivity contribution in [3.8, 4) is 22.8 Å². The lowest BCUT2D eigenvalue weighted by atomic mass is 10.2. The standard InChI is InChI=1S/C19H15FN4O4S/c20-12-3-1-11(2-4-12)14-8-21-19(23-14)29-9-17(25)24-18(26)22-13-5-6-15-16(7-13)28-10-27-15/h1-8H,9-10H2,(H,21,23)(H2,22,24,25,26). The summed E-state index contributed by atoms with van der Waals surface area (Å²) in [5.41, 5.74) is 1.95. The van der Waals surface area contributed by atoms with Gasteiger partial charge in [0.25, 0.3) is 0 Å². The summed E-state index contributed by atoms with van der Waals surface area (Å²) in [4.78, 5) is 31.2. The Morgan fingerprint density at radius 2 is 1.93 bits per heavy atom. The van der Waals surface area contributed by atoms with Crippen LogP contribution in [0, 0.1) is 5.82 Å². The van der Waals surface area contributed by atoms with Crippen molar-refractivity contribution in [1.29, 1.82) is 0 Å². The van der Waals surface area contributed by atoms with Gasteiger partial charge >= 0.3 is 6.03 Å². The number of benzene rings is 2. The van der Waals surface area contributed by atoms with E-state index in [1.54, 1.807) is 36.5 Å². The molecule has 4 rings (SSSR count). The first-order chi connectivity index (χ1) is 14.1. The van der Waals surface area contributed by atoms with Crippen LogP contribution in [-0.2, 0) is 4.79 Å². The first-order valence-electron chi connectivity index (χ1n) is 8.51. The van der Waals surface area contributed by atoms with Crippen molar-refractivity contribution in [3.63, 3.8) is 0 Å². The number of nitrogens with one attached hydrogen (secondary N) is 3. The molecule has 0 atom stereocenters. The molecule has 148 valence electrons. The molecule has 0 aliphatic carbocycles. The van der Waals surface area contributed by atoms with Gasteiger partial charge in [-0.1, -0.05) is 11.8 Å². The molecule has 2 aromatic carbocycles. The van der Waals surface area contributed by atoms with Gasteiger partial charge in [0.15, 0.2) is 16.7 Å². The number of hydrogen-bond donors (Lipinski definition) is 3. The molecule has 0 saturated carbocycles. The van der Waals surface area contributed by atoms with Gasteiger partial charge < -0.3 is 19.8 Å². The number of hydrogen-bond acceptors (Lipinski definition) is 6. The van der Waals surface area contributed by atoms with E-state index in [0.29, 0.717) is 28.0 Å². The molecular weight excluding hydrogens is 399 g/mol. The summed E-state index contributed by atoms with van der Waals surface area (Å²) in [6, 6.07) is 10.2. The van der Waals surface area contributed by atoms with Crippen molar-refractivity contribution >= 4 is 29.4 Å².